The number of hydrogen-bond donors (Lipinski definition) is 3. The molecular formula is C11H12N4S. The van der Waals surface area contributed by atoms with E-state index in [0.29, 0.717) is 11.7 Å². The molecule has 0 aliphatic rings. The smallest absolute Gasteiger partial charge is 0.171 e. The molecule has 0 bridgehead atoms. The van der Waals surface area contributed by atoms with E-state index < -0.39 is 0 Å². The highest BCUT2D eigenvalue weighted by molar-refractivity contribution is 7.80. The van der Waals surface area contributed by atoms with E-state index in [4.69, 9.17) is 12.2 Å². The minimum absolute atomic E-state index is 0.586. The van der Waals surface area contributed by atoms with Crippen LogP contribution in [0, 0.1) is 0 Å². The summed E-state index contributed by atoms with van der Waals surface area (Å²) >= 11 is 5.11. The zero-order valence-corrected chi connectivity index (χ0v) is 9.47. The van der Waals surface area contributed by atoms with Crippen LogP contribution in [0.1, 0.15) is 0 Å². The monoisotopic (exact) mass is 232 g/mol. The lowest BCUT2D eigenvalue weighted by atomic mass is 10.2. The third-order valence-corrected chi connectivity index (χ3v) is 2.35. The molecule has 0 saturated carbocycles. The molecule has 1 aromatic carbocycles. The number of hydrogen-bond acceptors (Lipinski definition) is 2. The molecule has 2 aromatic rings. The fourth-order valence-corrected chi connectivity index (χ4v) is 1.56. The quantitative estimate of drug-likeness (QED) is 0.560. The number of anilines is 1. The maximum atomic E-state index is 5.11. The standard InChI is InChI=1S/C11H12N4S/c1-2-5-12-11(16)14-9-3-4-10-8(6-9)7-13-15-10/h2-4,6-7H,1,5H2,(H,13,15)(H2,12,14,16). The molecule has 0 unspecified atom stereocenters. The van der Waals surface area contributed by atoms with Crippen LogP contribution >= 0.6 is 12.2 Å². The molecule has 0 radical (unpaired) electrons. The van der Waals surface area contributed by atoms with E-state index in [2.05, 4.69) is 27.4 Å². The summed E-state index contributed by atoms with van der Waals surface area (Å²) in [6, 6.07) is 5.89. The average Bonchev–Trinajstić information content (AvgIpc) is 2.73. The maximum absolute atomic E-state index is 5.11. The van der Waals surface area contributed by atoms with Gasteiger partial charge in [0.1, 0.15) is 0 Å². The predicted octanol–water partition coefficient (Wildman–Crippen LogP) is 2.04. The molecule has 5 heteroatoms. The third-order valence-electron chi connectivity index (χ3n) is 2.11. The highest BCUT2D eigenvalue weighted by Gasteiger charge is 1.99. The minimum atomic E-state index is 0.586. The van der Waals surface area contributed by atoms with Crippen molar-refractivity contribution in [1.29, 1.82) is 0 Å². The molecule has 82 valence electrons. The molecule has 0 aliphatic heterocycles. The Bertz CT molecular complexity index is 517. The van der Waals surface area contributed by atoms with Crippen LogP contribution in [0.4, 0.5) is 5.69 Å². The molecule has 0 amide bonds. The molecule has 2 rings (SSSR count). The van der Waals surface area contributed by atoms with Crippen LogP contribution in [-0.4, -0.2) is 21.9 Å². The number of aromatic nitrogens is 2. The first-order valence-electron chi connectivity index (χ1n) is 4.88. The Labute approximate surface area is 98.7 Å². The van der Waals surface area contributed by atoms with Gasteiger partial charge in [0.2, 0.25) is 0 Å². The molecule has 0 saturated heterocycles. The first-order valence-corrected chi connectivity index (χ1v) is 5.29. The van der Waals surface area contributed by atoms with Gasteiger partial charge in [-0.05, 0) is 30.4 Å². The molecule has 1 aromatic heterocycles. The van der Waals surface area contributed by atoms with Crippen molar-refractivity contribution in [2.75, 3.05) is 11.9 Å². The summed E-state index contributed by atoms with van der Waals surface area (Å²) in [5.41, 5.74) is 1.95. The Kier molecular flexibility index (Phi) is 3.16. The van der Waals surface area contributed by atoms with E-state index in [1.807, 2.05) is 18.2 Å². The topological polar surface area (TPSA) is 52.7 Å². The van der Waals surface area contributed by atoms with Gasteiger partial charge in [0.15, 0.2) is 5.11 Å². The largest absolute Gasteiger partial charge is 0.359 e. The zero-order valence-electron chi connectivity index (χ0n) is 8.66. The van der Waals surface area contributed by atoms with Crippen molar-refractivity contribution in [3.63, 3.8) is 0 Å². The SMILES string of the molecule is C=CCNC(=S)Nc1ccc2[nH]ncc2c1. The van der Waals surface area contributed by atoms with Gasteiger partial charge in [-0.1, -0.05) is 6.08 Å². The molecule has 16 heavy (non-hydrogen) atoms. The van der Waals surface area contributed by atoms with Crippen molar-refractivity contribution in [2.24, 2.45) is 0 Å². The van der Waals surface area contributed by atoms with E-state index in [1.54, 1.807) is 12.3 Å². The Morgan fingerprint density at radius 3 is 3.25 bits per heavy atom. The number of aromatic amines is 1. The Balaban J connectivity index is 2.08. The Morgan fingerprint density at radius 2 is 2.44 bits per heavy atom. The molecule has 0 aliphatic carbocycles. The van der Waals surface area contributed by atoms with Crippen molar-refractivity contribution in [2.45, 2.75) is 0 Å². The summed E-state index contributed by atoms with van der Waals surface area (Å²) in [5.74, 6) is 0. The highest BCUT2D eigenvalue weighted by atomic mass is 32.1. The number of rotatable bonds is 3. The van der Waals surface area contributed by atoms with Gasteiger partial charge in [-0.2, -0.15) is 5.10 Å². The fourth-order valence-electron chi connectivity index (χ4n) is 1.36. The van der Waals surface area contributed by atoms with E-state index in [1.165, 1.54) is 0 Å². The summed E-state index contributed by atoms with van der Waals surface area (Å²) in [5, 5.41) is 14.6. The molecule has 0 spiro atoms. The van der Waals surface area contributed by atoms with E-state index in [0.717, 1.165) is 16.6 Å². The van der Waals surface area contributed by atoms with Gasteiger partial charge >= 0.3 is 0 Å². The fraction of sp³-hybridized carbons (Fsp3) is 0.0909. The van der Waals surface area contributed by atoms with Crippen LogP contribution in [-0.2, 0) is 0 Å². The van der Waals surface area contributed by atoms with Crippen molar-refractivity contribution < 1.29 is 0 Å². The second-order valence-electron chi connectivity index (χ2n) is 3.30. The number of benzene rings is 1. The second-order valence-corrected chi connectivity index (χ2v) is 3.70. The summed E-state index contributed by atoms with van der Waals surface area (Å²) in [4.78, 5) is 0. The average molecular weight is 232 g/mol. The number of nitrogens with one attached hydrogen (secondary N) is 3. The van der Waals surface area contributed by atoms with Crippen LogP contribution in [0.2, 0.25) is 0 Å². The van der Waals surface area contributed by atoms with Crippen LogP contribution in [0.15, 0.2) is 37.1 Å². The van der Waals surface area contributed by atoms with Crippen LogP contribution in [0.25, 0.3) is 10.9 Å². The highest BCUT2D eigenvalue weighted by Crippen LogP contribution is 2.16. The number of H-pyrrole nitrogens is 1. The first kappa shape index (κ1) is 10.6. The van der Waals surface area contributed by atoms with Crippen molar-refractivity contribution in [1.82, 2.24) is 15.5 Å². The molecule has 0 fully saturated rings. The number of nitrogens with zero attached hydrogens (tertiary/aromatic N) is 1. The van der Waals surface area contributed by atoms with Gasteiger partial charge in [-0.3, -0.25) is 5.10 Å². The van der Waals surface area contributed by atoms with Gasteiger partial charge in [-0.25, -0.2) is 0 Å². The van der Waals surface area contributed by atoms with Crippen molar-refractivity contribution >= 4 is 33.9 Å². The van der Waals surface area contributed by atoms with Crippen molar-refractivity contribution in [3.8, 4) is 0 Å². The Hall–Kier alpha value is -1.88. The van der Waals surface area contributed by atoms with Crippen LogP contribution in [0.5, 0.6) is 0 Å². The van der Waals surface area contributed by atoms with Gasteiger partial charge in [0.25, 0.3) is 0 Å². The summed E-state index contributed by atoms with van der Waals surface area (Å²) in [6.45, 7) is 4.26. The van der Waals surface area contributed by atoms with E-state index in [-0.39, 0.29) is 0 Å². The Morgan fingerprint density at radius 1 is 1.56 bits per heavy atom. The van der Waals surface area contributed by atoms with E-state index in [9.17, 15) is 0 Å². The maximum Gasteiger partial charge on any atom is 0.171 e. The molecule has 4 nitrogen and oxygen atoms in total. The van der Waals surface area contributed by atoms with Gasteiger partial charge < -0.3 is 10.6 Å². The van der Waals surface area contributed by atoms with Gasteiger partial charge in [0.05, 0.1) is 11.7 Å². The lowest BCUT2D eigenvalue weighted by Gasteiger charge is -2.08. The van der Waals surface area contributed by atoms with Gasteiger partial charge in [0, 0.05) is 17.6 Å². The number of thiocarbonyl (C=S) groups is 1. The lowest BCUT2D eigenvalue weighted by molar-refractivity contribution is 1.06. The third kappa shape index (κ3) is 2.38. The first-order chi connectivity index (χ1) is 7.79. The van der Waals surface area contributed by atoms with Crippen molar-refractivity contribution in [3.05, 3.63) is 37.1 Å². The van der Waals surface area contributed by atoms with Crippen LogP contribution < -0.4 is 10.6 Å². The predicted molar refractivity (Wildman–Crippen MR) is 70.5 cm³/mol. The van der Waals surface area contributed by atoms with E-state index >= 15 is 0 Å². The molecule has 1 heterocycles. The minimum Gasteiger partial charge on any atom is -0.359 e. The number of fused-ring (bicyclic) bond motifs is 1. The summed E-state index contributed by atoms with van der Waals surface area (Å²) in [7, 11) is 0. The summed E-state index contributed by atoms with van der Waals surface area (Å²) < 4.78 is 0. The van der Waals surface area contributed by atoms with Gasteiger partial charge in [-0.15, -0.1) is 6.58 Å². The lowest BCUT2D eigenvalue weighted by Crippen LogP contribution is -2.28. The molecule has 3 N–H and O–H groups in total. The van der Waals surface area contributed by atoms with Crippen LogP contribution in [0.3, 0.4) is 0 Å². The summed E-state index contributed by atoms with van der Waals surface area (Å²) in [6.07, 6.45) is 3.54. The normalized spacial score (nSPS) is 10.0. The zero-order chi connectivity index (χ0) is 11.4. The molecular weight excluding hydrogens is 220 g/mol. The second kappa shape index (κ2) is 4.76. The molecule has 0 atom stereocenters.